The first kappa shape index (κ1) is 28.4. The molecule has 5 heteroatoms. The van der Waals surface area contributed by atoms with Crippen LogP contribution in [0.5, 0.6) is 0 Å². The second-order valence-corrected chi connectivity index (χ2v) is 9.25. The quantitative estimate of drug-likeness (QED) is 0.143. The van der Waals surface area contributed by atoms with E-state index in [9.17, 15) is 8.42 Å². The number of rotatable bonds is 18. The van der Waals surface area contributed by atoms with Crippen LogP contribution < -0.4 is 0 Å². The van der Waals surface area contributed by atoms with Crippen LogP contribution in [0.25, 0.3) is 0 Å². The molecule has 1 rings (SSSR count). The van der Waals surface area contributed by atoms with Crippen LogP contribution in [0, 0.1) is 0 Å². The Morgan fingerprint density at radius 1 is 0.714 bits per heavy atom. The summed E-state index contributed by atoms with van der Waals surface area (Å²) in [6, 6.07) is 9.20. The predicted octanol–water partition coefficient (Wildman–Crippen LogP) is 6.86. The fourth-order valence-corrected chi connectivity index (χ4v) is 4.36. The van der Waals surface area contributed by atoms with Crippen molar-refractivity contribution in [1.29, 1.82) is 0 Å². The van der Waals surface area contributed by atoms with Crippen molar-refractivity contribution in [2.45, 2.75) is 103 Å². The third kappa shape index (κ3) is 17.3. The number of unbranched alkanes of at least 4 members (excludes halogenated alkanes) is 13. The Kier molecular flexibility index (Phi) is 19.6. The average Bonchev–Trinajstić information content (AvgIpc) is 2.65. The summed E-state index contributed by atoms with van der Waals surface area (Å²) in [5, 5.41) is 0. The molecule has 0 saturated heterocycles. The standard InChI is InChI=1S/C23H40O3S.Ca.2H/c1-2-3-4-5-6-7-8-9-10-11-12-13-14-18-21-26-27(24,25)22-23-19-16-15-17-20-23;;;/h15-17,19-20H,2-14,18,21-22H2,1H3;;;/q;+2;2*-1. The minimum Gasteiger partial charge on any atom is -1.00 e. The molecule has 0 aliphatic heterocycles. The largest absolute Gasteiger partial charge is 2.00 e. The second-order valence-electron chi connectivity index (χ2n) is 7.61. The van der Waals surface area contributed by atoms with Gasteiger partial charge in [-0.1, -0.05) is 121 Å². The topological polar surface area (TPSA) is 43.4 Å². The molecule has 3 nitrogen and oxygen atoms in total. The molecule has 28 heavy (non-hydrogen) atoms. The molecule has 0 aliphatic carbocycles. The van der Waals surface area contributed by atoms with Gasteiger partial charge in [0, 0.05) is 0 Å². The first-order chi connectivity index (χ1) is 13.1. The minimum atomic E-state index is -3.45. The van der Waals surface area contributed by atoms with E-state index in [1.54, 1.807) is 0 Å². The number of benzene rings is 1. The van der Waals surface area contributed by atoms with Gasteiger partial charge in [0.05, 0.1) is 6.61 Å². The minimum absolute atomic E-state index is 0. The van der Waals surface area contributed by atoms with Gasteiger partial charge in [-0.2, -0.15) is 8.42 Å². The van der Waals surface area contributed by atoms with E-state index >= 15 is 0 Å². The van der Waals surface area contributed by atoms with Gasteiger partial charge in [0.25, 0.3) is 10.1 Å². The Morgan fingerprint density at radius 3 is 1.61 bits per heavy atom. The maximum Gasteiger partial charge on any atom is 2.00 e. The van der Waals surface area contributed by atoms with Gasteiger partial charge in [-0.3, -0.25) is 4.18 Å². The number of hydrogen-bond acceptors (Lipinski definition) is 3. The van der Waals surface area contributed by atoms with Crippen molar-refractivity contribution in [2.75, 3.05) is 6.61 Å². The molecule has 0 spiro atoms. The maximum atomic E-state index is 11.9. The smallest absolute Gasteiger partial charge is 1.00 e. The maximum absolute atomic E-state index is 11.9. The molecule has 0 saturated carbocycles. The van der Waals surface area contributed by atoms with Crippen molar-refractivity contribution in [1.82, 2.24) is 0 Å². The van der Waals surface area contributed by atoms with E-state index in [0.717, 1.165) is 18.4 Å². The SMILES string of the molecule is CCCCCCCCCCCCCCCCOS(=O)(=O)Cc1ccccc1.[Ca+2].[H-].[H-]. The zero-order valence-electron chi connectivity index (χ0n) is 20.0. The fraction of sp³-hybridized carbons (Fsp3) is 0.739. The Bertz CT molecular complexity index is 557. The molecule has 0 fully saturated rings. The summed E-state index contributed by atoms with van der Waals surface area (Å²) in [5.74, 6) is -0.0353. The summed E-state index contributed by atoms with van der Waals surface area (Å²) in [4.78, 5) is 0. The van der Waals surface area contributed by atoms with Crippen LogP contribution in [-0.2, 0) is 20.1 Å². The van der Waals surface area contributed by atoms with Crippen LogP contribution in [0.1, 0.15) is 105 Å². The van der Waals surface area contributed by atoms with Crippen molar-refractivity contribution in [3.05, 3.63) is 35.9 Å². The van der Waals surface area contributed by atoms with E-state index in [0.29, 0.717) is 6.61 Å². The number of hydrogen-bond donors (Lipinski definition) is 0. The van der Waals surface area contributed by atoms with Gasteiger partial charge in [0.15, 0.2) is 0 Å². The Balaban J connectivity index is -0.00000243. The molecule has 1 aromatic carbocycles. The van der Waals surface area contributed by atoms with Crippen LogP contribution in [0.2, 0.25) is 0 Å². The molecule has 0 radical (unpaired) electrons. The summed E-state index contributed by atoms with van der Waals surface area (Å²) in [6.45, 7) is 2.58. The van der Waals surface area contributed by atoms with Gasteiger partial charge >= 0.3 is 37.7 Å². The van der Waals surface area contributed by atoms with E-state index < -0.39 is 10.1 Å². The van der Waals surface area contributed by atoms with Gasteiger partial charge in [-0.15, -0.1) is 0 Å². The van der Waals surface area contributed by atoms with Gasteiger partial charge in [0.1, 0.15) is 5.75 Å². The first-order valence-corrected chi connectivity index (χ1v) is 12.6. The van der Waals surface area contributed by atoms with Crippen molar-refractivity contribution in [2.24, 2.45) is 0 Å². The van der Waals surface area contributed by atoms with Crippen molar-refractivity contribution in [3.8, 4) is 0 Å². The van der Waals surface area contributed by atoms with E-state index in [4.69, 9.17) is 4.18 Å². The van der Waals surface area contributed by atoms with Crippen LogP contribution in [0.3, 0.4) is 0 Å². The van der Waals surface area contributed by atoms with E-state index in [1.807, 2.05) is 30.3 Å². The van der Waals surface area contributed by atoms with Crippen LogP contribution in [-0.4, -0.2) is 52.8 Å². The first-order valence-electron chi connectivity index (χ1n) is 11.0. The predicted molar refractivity (Wildman–Crippen MR) is 123 cm³/mol. The van der Waals surface area contributed by atoms with Crippen molar-refractivity contribution < 1.29 is 15.5 Å². The molecule has 0 amide bonds. The molecule has 0 atom stereocenters. The zero-order chi connectivity index (χ0) is 19.6. The molecular weight excluding hydrogens is 396 g/mol. The molecule has 160 valence electrons. The molecule has 0 aliphatic rings. The summed E-state index contributed by atoms with van der Waals surface area (Å²) >= 11 is 0. The van der Waals surface area contributed by atoms with Crippen LogP contribution >= 0.6 is 0 Å². The van der Waals surface area contributed by atoms with Gasteiger partial charge in [-0.25, -0.2) is 0 Å². The zero-order valence-corrected chi connectivity index (χ0v) is 21.1. The normalized spacial score (nSPS) is 11.3. The van der Waals surface area contributed by atoms with Gasteiger partial charge in [0.2, 0.25) is 0 Å². The summed E-state index contributed by atoms with van der Waals surface area (Å²) in [7, 11) is -3.45. The molecule has 0 heterocycles. The van der Waals surface area contributed by atoms with E-state index in [-0.39, 0.29) is 46.3 Å². The average molecular weight is 439 g/mol. The Labute approximate surface area is 207 Å². The summed E-state index contributed by atoms with van der Waals surface area (Å²) < 4.78 is 28.9. The third-order valence-corrected chi connectivity index (χ3v) is 6.16. The molecule has 0 aromatic heterocycles. The monoisotopic (exact) mass is 438 g/mol. The second kappa shape index (κ2) is 19.4. The van der Waals surface area contributed by atoms with Gasteiger partial charge in [-0.05, 0) is 12.0 Å². The Morgan fingerprint density at radius 2 is 1.14 bits per heavy atom. The molecule has 0 unspecified atom stereocenters. The van der Waals surface area contributed by atoms with E-state index in [2.05, 4.69) is 6.92 Å². The third-order valence-electron chi connectivity index (χ3n) is 4.95. The van der Waals surface area contributed by atoms with Crippen LogP contribution in [0.15, 0.2) is 30.3 Å². The van der Waals surface area contributed by atoms with Crippen molar-refractivity contribution >= 4 is 47.9 Å². The summed E-state index contributed by atoms with van der Waals surface area (Å²) in [5.41, 5.74) is 0.776. The molecule has 0 bridgehead atoms. The molecule has 0 N–H and O–H groups in total. The fourth-order valence-electron chi connectivity index (χ4n) is 3.30. The van der Waals surface area contributed by atoms with E-state index in [1.165, 1.54) is 77.0 Å². The molecular formula is C23H42CaO3S. The van der Waals surface area contributed by atoms with Crippen molar-refractivity contribution in [3.63, 3.8) is 0 Å². The Hall–Kier alpha value is 0.390. The van der Waals surface area contributed by atoms with Crippen LogP contribution in [0.4, 0.5) is 0 Å². The molecule has 1 aromatic rings. The van der Waals surface area contributed by atoms with Gasteiger partial charge < -0.3 is 2.85 Å². The summed E-state index contributed by atoms with van der Waals surface area (Å²) in [6.07, 6.45) is 18.1.